The van der Waals surface area contributed by atoms with Crippen molar-refractivity contribution in [3.05, 3.63) is 40.9 Å². The maximum atomic E-state index is 4.79. The fraction of sp³-hybridized carbons (Fsp3) is 0.579. The summed E-state index contributed by atoms with van der Waals surface area (Å²) in [6, 6.07) is 2.68. The van der Waals surface area contributed by atoms with Gasteiger partial charge in [-0.1, -0.05) is 25.7 Å². The molecule has 0 aromatic carbocycles. The lowest BCUT2D eigenvalue weighted by Crippen LogP contribution is -2.37. The van der Waals surface area contributed by atoms with E-state index in [0.717, 1.165) is 28.2 Å². The molecule has 1 aliphatic heterocycles. The molecule has 3 heterocycles. The Kier molecular flexibility index (Phi) is 3.46. The number of aromatic amines is 1. The highest BCUT2D eigenvalue weighted by Crippen LogP contribution is 2.43. The van der Waals surface area contributed by atoms with Crippen molar-refractivity contribution < 1.29 is 0 Å². The zero-order valence-electron chi connectivity index (χ0n) is 14.0. The van der Waals surface area contributed by atoms with E-state index in [1.54, 1.807) is 0 Å². The minimum Gasteiger partial charge on any atom is -0.365 e. The third kappa shape index (κ3) is 2.56. The van der Waals surface area contributed by atoms with Gasteiger partial charge in [-0.3, -0.25) is 4.68 Å². The summed E-state index contributed by atoms with van der Waals surface area (Å²) in [6.45, 7) is 0.627. The van der Waals surface area contributed by atoms with E-state index in [1.165, 1.54) is 50.5 Å². The number of rotatable bonds is 5. The van der Waals surface area contributed by atoms with Gasteiger partial charge in [0, 0.05) is 23.2 Å². The standard InChI is InChI=1S/C19H25N5/c1-2-4-14(3-1)17(9-13-5-6-13)24-11-15(10-23-24)18-16-7-8-20-19(16)22-12-21-18/h7-8,10-11,13-14,17,21H,1-6,9,12H2,(H,20,22). The van der Waals surface area contributed by atoms with Gasteiger partial charge in [0.15, 0.2) is 0 Å². The van der Waals surface area contributed by atoms with Gasteiger partial charge in [0.25, 0.3) is 0 Å². The van der Waals surface area contributed by atoms with E-state index in [0.29, 0.717) is 12.7 Å². The number of nitrogens with one attached hydrogen (secondary N) is 2. The van der Waals surface area contributed by atoms with Crippen molar-refractivity contribution in [3.8, 4) is 0 Å². The van der Waals surface area contributed by atoms with Crippen LogP contribution < -0.4 is 16.0 Å². The second-order valence-corrected chi connectivity index (χ2v) is 7.61. The van der Waals surface area contributed by atoms with Gasteiger partial charge in [0.2, 0.25) is 0 Å². The minimum atomic E-state index is 0.591. The van der Waals surface area contributed by atoms with Crippen LogP contribution >= 0.6 is 0 Å². The van der Waals surface area contributed by atoms with Gasteiger partial charge in [-0.2, -0.15) is 5.10 Å². The topological polar surface area (TPSA) is 58.0 Å². The molecule has 5 heteroatoms. The van der Waals surface area contributed by atoms with Crippen LogP contribution in [0.1, 0.15) is 56.6 Å². The molecule has 2 aliphatic carbocycles. The molecule has 126 valence electrons. The summed E-state index contributed by atoms with van der Waals surface area (Å²) in [5.74, 6) is 1.76. The summed E-state index contributed by atoms with van der Waals surface area (Å²) in [5.41, 5.74) is 3.32. The molecule has 0 amide bonds. The Morgan fingerprint density at radius 2 is 2.08 bits per heavy atom. The molecule has 2 N–H and O–H groups in total. The summed E-state index contributed by atoms with van der Waals surface area (Å²) in [4.78, 5) is 7.68. The van der Waals surface area contributed by atoms with E-state index in [-0.39, 0.29) is 0 Å². The first-order valence-electron chi connectivity index (χ1n) is 9.39. The maximum absolute atomic E-state index is 4.79. The van der Waals surface area contributed by atoms with Crippen molar-refractivity contribution in [1.29, 1.82) is 0 Å². The molecule has 2 fully saturated rings. The normalized spacial score (nSPS) is 22.1. The predicted molar refractivity (Wildman–Crippen MR) is 92.6 cm³/mol. The molecule has 1 unspecified atom stereocenters. The van der Waals surface area contributed by atoms with Crippen molar-refractivity contribution in [2.75, 3.05) is 6.67 Å². The summed E-state index contributed by atoms with van der Waals surface area (Å²) in [7, 11) is 0. The second-order valence-electron chi connectivity index (χ2n) is 7.61. The van der Waals surface area contributed by atoms with Crippen molar-refractivity contribution in [2.24, 2.45) is 16.8 Å². The van der Waals surface area contributed by atoms with Crippen LogP contribution in [-0.4, -0.2) is 21.4 Å². The first kappa shape index (κ1) is 14.3. The van der Waals surface area contributed by atoms with Crippen LogP contribution in [0.25, 0.3) is 5.70 Å². The first-order chi connectivity index (χ1) is 11.9. The molecule has 1 atom stereocenters. The van der Waals surface area contributed by atoms with Crippen molar-refractivity contribution in [1.82, 2.24) is 20.1 Å². The Balaban J connectivity index is 1.49. The molecule has 0 saturated heterocycles. The monoisotopic (exact) mass is 323 g/mol. The molecule has 3 aliphatic rings. The number of H-pyrrole nitrogens is 1. The van der Waals surface area contributed by atoms with Crippen molar-refractivity contribution >= 4 is 5.70 Å². The van der Waals surface area contributed by atoms with E-state index in [1.807, 2.05) is 12.4 Å². The van der Waals surface area contributed by atoms with Gasteiger partial charge in [0.1, 0.15) is 12.2 Å². The maximum Gasteiger partial charge on any atom is 0.136 e. The number of nitrogens with zero attached hydrogens (tertiary/aromatic N) is 3. The molecule has 2 saturated carbocycles. The zero-order valence-corrected chi connectivity index (χ0v) is 14.0. The van der Waals surface area contributed by atoms with Crippen LogP contribution in [0.15, 0.2) is 29.6 Å². The third-order valence-electron chi connectivity index (χ3n) is 5.93. The lowest BCUT2D eigenvalue weighted by Gasteiger charge is -2.24. The average Bonchev–Trinajstić information content (AvgIpc) is 3.09. The SMILES string of the molecule is c1cc2c([nH]1)=NCNC=2c1cnn(C(CC2CC2)C2CCCC2)c1. The fourth-order valence-electron chi connectivity index (χ4n) is 4.45. The van der Waals surface area contributed by atoms with Crippen molar-refractivity contribution in [3.63, 3.8) is 0 Å². The quantitative estimate of drug-likeness (QED) is 0.885. The Morgan fingerprint density at radius 3 is 2.92 bits per heavy atom. The Morgan fingerprint density at radius 1 is 1.21 bits per heavy atom. The average molecular weight is 323 g/mol. The highest BCUT2D eigenvalue weighted by molar-refractivity contribution is 5.62. The molecule has 5 nitrogen and oxygen atoms in total. The molecule has 24 heavy (non-hydrogen) atoms. The Bertz CT molecular complexity index is 835. The van der Waals surface area contributed by atoms with Gasteiger partial charge in [-0.05, 0) is 37.2 Å². The van der Waals surface area contributed by atoms with Crippen LogP contribution in [0.5, 0.6) is 0 Å². The lowest BCUT2D eigenvalue weighted by molar-refractivity contribution is 0.281. The molecule has 0 spiro atoms. The van der Waals surface area contributed by atoms with E-state index >= 15 is 0 Å². The zero-order chi connectivity index (χ0) is 15.9. The number of hydrogen-bond acceptors (Lipinski definition) is 3. The highest BCUT2D eigenvalue weighted by atomic mass is 15.3. The molecule has 2 aromatic rings. The van der Waals surface area contributed by atoms with Gasteiger partial charge in [0.05, 0.1) is 17.9 Å². The highest BCUT2D eigenvalue weighted by Gasteiger charge is 2.33. The molecule has 0 radical (unpaired) electrons. The van der Waals surface area contributed by atoms with Crippen LogP contribution in [0, 0.1) is 11.8 Å². The first-order valence-corrected chi connectivity index (χ1v) is 9.39. The number of fused-ring (bicyclic) bond motifs is 1. The molecular weight excluding hydrogens is 298 g/mol. The van der Waals surface area contributed by atoms with Gasteiger partial charge in [-0.15, -0.1) is 0 Å². The van der Waals surface area contributed by atoms with E-state index in [2.05, 4.69) is 32.2 Å². The summed E-state index contributed by atoms with van der Waals surface area (Å²) < 4.78 is 2.27. The summed E-state index contributed by atoms with van der Waals surface area (Å²) >= 11 is 0. The van der Waals surface area contributed by atoms with Gasteiger partial charge in [-0.25, -0.2) is 4.99 Å². The minimum absolute atomic E-state index is 0.591. The molecule has 0 bridgehead atoms. The summed E-state index contributed by atoms with van der Waals surface area (Å²) in [6.07, 6.45) is 16.0. The fourth-order valence-corrected chi connectivity index (χ4v) is 4.45. The van der Waals surface area contributed by atoms with E-state index < -0.39 is 0 Å². The Hall–Kier alpha value is -2.04. The predicted octanol–water partition coefficient (Wildman–Crippen LogP) is 2.08. The number of hydrogen-bond donors (Lipinski definition) is 2. The smallest absolute Gasteiger partial charge is 0.136 e. The van der Waals surface area contributed by atoms with E-state index in [4.69, 9.17) is 5.10 Å². The third-order valence-corrected chi connectivity index (χ3v) is 5.93. The molecule has 2 aromatic heterocycles. The van der Waals surface area contributed by atoms with E-state index in [9.17, 15) is 0 Å². The van der Waals surface area contributed by atoms with Crippen LogP contribution in [0.2, 0.25) is 0 Å². The summed E-state index contributed by atoms with van der Waals surface area (Å²) in [5, 5.41) is 9.37. The van der Waals surface area contributed by atoms with Crippen LogP contribution in [-0.2, 0) is 0 Å². The molecular formula is C19H25N5. The van der Waals surface area contributed by atoms with Gasteiger partial charge < -0.3 is 10.3 Å². The largest absolute Gasteiger partial charge is 0.365 e. The second kappa shape index (κ2) is 5.80. The Labute approximate surface area is 141 Å². The van der Waals surface area contributed by atoms with Gasteiger partial charge >= 0.3 is 0 Å². The van der Waals surface area contributed by atoms with Crippen molar-refractivity contribution in [2.45, 2.75) is 51.0 Å². The molecule has 5 rings (SSSR count). The number of aromatic nitrogens is 3. The van der Waals surface area contributed by atoms with Crippen LogP contribution in [0.3, 0.4) is 0 Å². The lowest BCUT2D eigenvalue weighted by atomic mass is 9.93. The van der Waals surface area contributed by atoms with Crippen LogP contribution in [0.4, 0.5) is 0 Å².